The number of Topliss-reactive ketones (excluding diaryl/α,β-unsaturated/α-hetero) is 1. The summed E-state index contributed by atoms with van der Waals surface area (Å²) >= 11 is 0. The molecule has 0 fully saturated rings. The van der Waals surface area contributed by atoms with Gasteiger partial charge in [0.25, 0.3) is 0 Å². The molecule has 0 spiro atoms. The van der Waals surface area contributed by atoms with Crippen LogP contribution in [0, 0.1) is 0 Å². The minimum Gasteiger partial charge on any atom is -0.493 e. The molecule has 162 valence electrons. The number of benzene rings is 2. The second-order valence-corrected chi connectivity index (χ2v) is 7.19. The monoisotopic (exact) mass is 423 g/mol. The molecule has 0 bridgehead atoms. The van der Waals surface area contributed by atoms with Crippen LogP contribution < -0.4 is 14.8 Å². The van der Waals surface area contributed by atoms with Gasteiger partial charge in [-0.05, 0) is 56.3 Å². The van der Waals surface area contributed by atoms with E-state index in [1.807, 2.05) is 26.0 Å². The molecule has 2 aromatic carbocycles. The molecule has 1 aliphatic rings. The molecule has 0 aromatic heterocycles. The number of rotatable bonds is 8. The predicted octanol–water partition coefficient (Wildman–Crippen LogP) is 3.81. The van der Waals surface area contributed by atoms with Gasteiger partial charge < -0.3 is 19.5 Å². The number of hydrogen-bond acceptors (Lipinski definition) is 6. The van der Waals surface area contributed by atoms with Gasteiger partial charge in [0, 0.05) is 41.8 Å². The van der Waals surface area contributed by atoms with Crippen molar-refractivity contribution in [3.8, 4) is 11.5 Å². The molecule has 1 aliphatic heterocycles. The van der Waals surface area contributed by atoms with E-state index in [9.17, 15) is 14.4 Å². The Morgan fingerprint density at radius 2 is 1.94 bits per heavy atom. The second-order valence-electron chi connectivity index (χ2n) is 7.19. The summed E-state index contributed by atoms with van der Waals surface area (Å²) in [6.45, 7) is 5.40. The van der Waals surface area contributed by atoms with E-state index in [1.54, 1.807) is 30.3 Å². The Morgan fingerprint density at radius 3 is 2.61 bits per heavy atom. The fourth-order valence-corrected chi connectivity index (χ4v) is 3.23. The maximum atomic E-state index is 12.2. The van der Waals surface area contributed by atoms with Crippen LogP contribution in [0.4, 0.5) is 5.69 Å². The minimum atomic E-state index is -0.638. The highest BCUT2D eigenvalue weighted by atomic mass is 16.5. The Bertz CT molecular complexity index is 1010. The average molecular weight is 423 g/mol. The minimum absolute atomic E-state index is 0.104. The number of anilines is 1. The van der Waals surface area contributed by atoms with Crippen molar-refractivity contribution in [2.24, 2.45) is 0 Å². The number of carbonyl (C=O) groups is 3. The molecule has 31 heavy (non-hydrogen) atoms. The fraction of sp³-hybridized carbons (Fsp3) is 0.292. The Hall–Kier alpha value is -3.61. The molecule has 7 nitrogen and oxygen atoms in total. The molecule has 3 rings (SSSR count). The third-order valence-corrected chi connectivity index (χ3v) is 4.60. The number of carbonyl (C=O) groups excluding carboxylic acids is 3. The molecular formula is C24H25NO6. The highest BCUT2D eigenvalue weighted by molar-refractivity contribution is 5.99. The zero-order chi connectivity index (χ0) is 22.4. The van der Waals surface area contributed by atoms with E-state index in [1.165, 1.54) is 13.0 Å². The zero-order valence-corrected chi connectivity index (χ0v) is 17.8. The van der Waals surface area contributed by atoms with Gasteiger partial charge in [-0.15, -0.1) is 0 Å². The smallest absolute Gasteiger partial charge is 0.331 e. The van der Waals surface area contributed by atoms with Crippen LogP contribution in [0.3, 0.4) is 0 Å². The van der Waals surface area contributed by atoms with Gasteiger partial charge >= 0.3 is 5.97 Å². The Balaban J connectivity index is 1.60. The quantitative estimate of drug-likeness (QED) is 0.394. The highest BCUT2D eigenvalue weighted by Gasteiger charge is 2.21. The number of ketones is 1. The zero-order valence-electron chi connectivity index (χ0n) is 17.8. The molecule has 2 aromatic rings. The number of hydrogen-bond donors (Lipinski definition) is 1. The van der Waals surface area contributed by atoms with Gasteiger partial charge in [-0.1, -0.05) is 0 Å². The lowest BCUT2D eigenvalue weighted by atomic mass is 10.1. The Labute approximate surface area is 181 Å². The van der Waals surface area contributed by atoms with Crippen LogP contribution in [-0.4, -0.2) is 37.0 Å². The van der Waals surface area contributed by atoms with Gasteiger partial charge in [0.1, 0.15) is 17.6 Å². The summed E-state index contributed by atoms with van der Waals surface area (Å²) in [4.78, 5) is 35.4. The molecule has 0 saturated heterocycles. The van der Waals surface area contributed by atoms with Gasteiger partial charge in [-0.25, -0.2) is 4.79 Å². The third kappa shape index (κ3) is 5.94. The summed E-state index contributed by atoms with van der Waals surface area (Å²) in [5, 5.41) is 2.62. The van der Waals surface area contributed by atoms with Gasteiger partial charge in [0.2, 0.25) is 5.91 Å². The molecule has 1 amide bonds. The van der Waals surface area contributed by atoms with Crippen LogP contribution in [0.1, 0.15) is 42.3 Å². The summed E-state index contributed by atoms with van der Waals surface area (Å²) in [5.74, 6) is 0.267. The van der Waals surface area contributed by atoms with Crippen LogP contribution >= 0.6 is 0 Å². The van der Waals surface area contributed by atoms with Gasteiger partial charge in [-0.2, -0.15) is 0 Å². The van der Waals surface area contributed by atoms with Crippen LogP contribution in [0.25, 0.3) is 6.08 Å². The molecule has 0 aliphatic carbocycles. The Morgan fingerprint density at radius 1 is 1.19 bits per heavy atom. The van der Waals surface area contributed by atoms with Gasteiger partial charge in [0.05, 0.1) is 6.61 Å². The molecule has 0 unspecified atom stereocenters. The second kappa shape index (κ2) is 9.93. The fourth-order valence-electron chi connectivity index (χ4n) is 3.23. The van der Waals surface area contributed by atoms with Crippen molar-refractivity contribution in [2.75, 3.05) is 18.5 Å². The molecule has 1 N–H and O–H groups in total. The van der Waals surface area contributed by atoms with Crippen molar-refractivity contribution in [2.45, 2.75) is 33.3 Å². The first-order valence-electron chi connectivity index (χ1n) is 10.1. The Kier molecular flexibility index (Phi) is 7.07. The van der Waals surface area contributed by atoms with Crippen LogP contribution in [0.5, 0.6) is 11.5 Å². The van der Waals surface area contributed by atoms with E-state index >= 15 is 0 Å². The van der Waals surface area contributed by atoms with Crippen molar-refractivity contribution >= 4 is 29.4 Å². The normalized spacial score (nSPS) is 14.6. The van der Waals surface area contributed by atoms with Crippen molar-refractivity contribution in [1.82, 2.24) is 0 Å². The van der Waals surface area contributed by atoms with Crippen LogP contribution in [0.15, 0.2) is 42.5 Å². The largest absolute Gasteiger partial charge is 0.493 e. The summed E-state index contributed by atoms with van der Waals surface area (Å²) in [5.41, 5.74) is 2.74. The van der Waals surface area contributed by atoms with Gasteiger partial charge in [-0.3, -0.25) is 9.59 Å². The summed E-state index contributed by atoms with van der Waals surface area (Å²) in [6, 6.07) is 10.1. The third-order valence-electron chi connectivity index (χ3n) is 4.60. The summed E-state index contributed by atoms with van der Waals surface area (Å²) < 4.78 is 16.5. The standard InChI is InChI=1S/C24H25NO6/c1-4-29-22-13-19-11-15(2)31-23(19)12-18(22)7-10-24(28)30-14-21(27)17-5-8-20(9-6-17)25-16(3)26/h5-10,12-13,15H,4,11,14H2,1-3H3,(H,25,26)/b10-7+/t15-/m1/s1. The van der Waals surface area contributed by atoms with Crippen molar-refractivity contribution in [3.63, 3.8) is 0 Å². The average Bonchev–Trinajstić information content (AvgIpc) is 3.09. The lowest BCUT2D eigenvalue weighted by molar-refractivity contribution is -0.136. The topological polar surface area (TPSA) is 90.9 Å². The molecule has 1 atom stereocenters. The van der Waals surface area contributed by atoms with E-state index < -0.39 is 5.97 Å². The SMILES string of the molecule is CCOc1cc2c(cc1/C=C/C(=O)OCC(=O)c1ccc(NC(C)=O)cc1)O[C@H](C)C2. The van der Waals surface area contributed by atoms with Gasteiger partial charge in [0.15, 0.2) is 12.4 Å². The molecule has 7 heteroatoms. The first kappa shape index (κ1) is 22.1. The number of nitrogens with one attached hydrogen (secondary N) is 1. The van der Waals surface area contributed by atoms with E-state index in [0.29, 0.717) is 29.2 Å². The van der Waals surface area contributed by atoms with Crippen molar-refractivity contribution in [1.29, 1.82) is 0 Å². The van der Waals surface area contributed by atoms with Crippen molar-refractivity contribution < 1.29 is 28.6 Å². The van der Waals surface area contributed by atoms with E-state index in [0.717, 1.165) is 17.7 Å². The van der Waals surface area contributed by atoms with E-state index in [2.05, 4.69) is 5.32 Å². The lowest BCUT2D eigenvalue weighted by Gasteiger charge is -2.10. The summed E-state index contributed by atoms with van der Waals surface area (Å²) in [7, 11) is 0. The lowest BCUT2D eigenvalue weighted by Crippen LogP contribution is -2.13. The summed E-state index contributed by atoms with van der Waals surface area (Å²) in [6.07, 6.45) is 3.77. The molecule has 0 saturated carbocycles. The predicted molar refractivity (Wildman–Crippen MR) is 116 cm³/mol. The first-order chi connectivity index (χ1) is 14.9. The maximum absolute atomic E-state index is 12.2. The number of amides is 1. The maximum Gasteiger partial charge on any atom is 0.331 e. The molecule has 1 heterocycles. The van der Waals surface area contributed by atoms with Crippen molar-refractivity contribution in [3.05, 3.63) is 59.2 Å². The van der Waals surface area contributed by atoms with Crippen LogP contribution in [0.2, 0.25) is 0 Å². The number of fused-ring (bicyclic) bond motifs is 1. The first-order valence-corrected chi connectivity index (χ1v) is 10.1. The molecule has 0 radical (unpaired) electrons. The van der Waals surface area contributed by atoms with E-state index in [-0.39, 0.29) is 24.4 Å². The number of ether oxygens (including phenoxy) is 3. The highest BCUT2D eigenvalue weighted by Crippen LogP contribution is 2.35. The van der Waals surface area contributed by atoms with E-state index in [4.69, 9.17) is 14.2 Å². The molecular weight excluding hydrogens is 398 g/mol. The number of esters is 1. The van der Waals surface area contributed by atoms with Crippen LogP contribution in [-0.2, 0) is 20.7 Å².